The van der Waals surface area contributed by atoms with E-state index in [0.29, 0.717) is 0 Å². The monoisotopic (exact) mass is 341 g/mol. The summed E-state index contributed by atoms with van der Waals surface area (Å²) in [6.07, 6.45) is 6.36. The summed E-state index contributed by atoms with van der Waals surface area (Å²) in [6, 6.07) is 0. The van der Waals surface area contributed by atoms with Crippen molar-refractivity contribution in [2.75, 3.05) is 20.1 Å². The van der Waals surface area contributed by atoms with Crippen molar-refractivity contribution in [2.24, 2.45) is 0 Å². The molecular weight excluding hydrogens is 318 g/mol. The molecule has 0 spiro atoms. The normalized spacial score (nSPS) is 17.2. The first-order chi connectivity index (χ1) is 4.89. The van der Waals surface area contributed by atoms with Crippen molar-refractivity contribution in [3.05, 3.63) is 13.8 Å². The average Bonchev–Trinajstić information content (AvgIpc) is 2.21. The molecule has 1 saturated heterocycles. The van der Waals surface area contributed by atoms with Crippen LogP contribution in [0.2, 0.25) is 0 Å². The minimum atomic E-state index is 0. The zero-order valence-corrected chi connectivity index (χ0v) is 11.9. The van der Waals surface area contributed by atoms with Crippen LogP contribution in [0.3, 0.4) is 0 Å². The quantitative estimate of drug-likeness (QED) is 0.613. The molecule has 0 aromatic rings. The van der Waals surface area contributed by atoms with Crippen LogP contribution in [0.15, 0.2) is 0 Å². The summed E-state index contributed by atoms with van der Waals surface area (Å²) in [5.74, 6) is 0. The maximum absolute atomic E-state index is 2.39. The molecule has 0 saturated carbocycles. The van der Waals surface area contributed by atoms with Crippen LogP contribution in [0.1, 0.15) is 33.1 Å². The molecule has 1 nitrogen and oxygen atoms in total. The number of hydrogen-bond donors (Lipinski definition) is 0. The molecule has 74 valence electrons. The van der Waals surface area contributed by atoms with Crippen molar-refractivity contribution < 1.29 is 21.1 Å². The van der Waals surface area contributed by atoms with E-state index in [2.05, 4.69) is 18.4 Å². The molecule has 1 heterocycles. The molecule has 1 aliphatic rings. The Balaban J connectivity index is -0.000000189. The van der Waals surface area contributed by atoms with Gasteiger partial charge in [-0.1, -0.05) is 20.3 Å². The van der Waals surface area contributed by atoms with Gasteiger partial charge in [-0.2, -0.15) is 12.8 Å². The van der Waals surface area contributed by atoms with Crippen LogP contribution in [0.25, 0.3) is 0 Å². The first-order valence-electron chi connectivity index (χ1n) is 4.40. The van der Waals surface area contributed by atoms with Gasteiger partial charge >= 0.3 is 21.1 Å². The molecule has 0 aromatic carbocycles. The van der Waals surface area contributed by atoms with Crippen molar-refractivity contribution in [3.63, 3.8) is 0 Å². The fourth-order valence-electron chi connectivity index (χ4n) is 1.07. The molecule has 1 fully saturated rings. The topological polar surface area (TPSA) is 3.24 Å². The van der Waals surface area contributed by atoms with E-state index in [-0.39, 0.29) is 28.5 Å². The van der Waals surface area contributed by atoms with E-state index in [1.54, 1.807) is 0 Å². The minimum absolute atomic E-state index is 0. The molecule has 0 radical (unpaired) electrons. The largest absolute Gasteiger partial charge is 2.00 e. The zero-order chi connectivity index (χ0) is 7.82. The summed E-state index contributed by atoms with van der Waals surface area (Å²) in [4.78, 5) is 2.39. The van der Waals surface area contributed by atoms with Gasteiger partial charge in [-0.3, -0.25) is 0 Å². The van der Waals surface area contributed by atoms with Gasteiger partial charge in [0.2, 0.25) is 0 Å². The summed E-state index contributed by atoms with van der Waals surface area (Å²) in [7, 11) is 2.19. The Morgan fingerprint density at radius 1 is 1.08 bits per heavy atom. The molecule has 0 N–H and O–H groups in total. The summed E-state index contributed by atoms with van der Waals surface area (Å²) in [5.41, 5.74) is 0. The van der Waals surface area contributed by atoms with Gasteiger partial charge in [-0.15, -0.1) is 0 Å². The standard InChI is InChI=1S/C7H14N.C2H6.CH3.W/c1-8-6-4-2-3-5-7-8;1-2;;/h2H,3-7H2,1H3;1-2H3;1H3;/q-1;;-1;+2. The Bertz CT molecular complexity index is 58.9. The smallest absolute Gasteiger partial charge is 0.358 e. The molecule has 0 unspecified atom stereocenters. The molecule has 0 aliphatic carbocycles. The van der Waals surface area contributed by atoms with Crippen LogP contribution in [-0.4, -0.2) is 25.0 Å². The van der Waals surface area contributed by atoms with Gasteiger partial charge in [0, 0.05) is 0 Å². The number of likely N-dealkylation sites (tertiary alicyclic amines) is 1. The summed E-state index contributed by atoms with van der Waals surface area (Å²) < 4.78 is 0. The van der Waals surface area contributed by atoms with Gasteiger partial charge in [0.05, 0.1) is 0 Å². The molecule has 0 atom stereocenters. The maximum Gasteiger partial charge on any atom is 2.00 e. The van der Waals surface area contributed by atoms with Crippen molar-refractivity contribution >= 4 is 0 Å². The molecular formula is C10H23NW. The SMILES string of the molecule is CC.CN1CC[CH-]CCC1.[CH3-].[W+2]. The van der Waals surface area contributed by atoms with Gasteiger partial charge < -0.3 is 18.7 Å². The van der Waals surface area contributed by atoms with Crippen LogP contribution in [-0.2, 0) is 21.1 Å². The van der Waals surface area contributed by atoms with Gasteiger partial charge in [-0.05, 0) is 20.1 Å². The van der Waals surface area contributed by atoms with E-state index < -0.39 is 0 Å². The number of hydrogen-bond acceptors (Lipinski definition) is 1. The fourth-order valence-corrected chi connectivity index (χ4v) is 1.07. The van der Waals surface area contributed by atoms with E-state index in [9.17, 15) is 0 Å². The first-order valence-corrected chi connectivity index (χ1v) is 4.40. The fraction of sp³-hybridized carbons (Fsp3) is 0.800. The second-order valence-electron chi connectivity index (χ2n) is 2.52. The zero-order valence-electron chi connectivity index (χ0n) is 8.97. The van der Waals surface area contributed by atoms with Crippen LogP contribution in [0.4, 0.5) is 0 Å². The van der Waals surface area contributed by atoms with Crippen molar-refractivity contribution in [1.29, 1.82) is 0 Å². The van der Waals surface area contributed by atoms with Gasteiger partial charge in [-0.25, -0.2) is 0 Å². The van der Waals surface area contributed by atoms with Crippen molar-refractivity contribution in [1.82, 2.24) is 4.90 Å². The van der Waals surface area contributed by atoms with Crippen LogP contribution < -0.4 is 0 Å². The van der Waals surface area contributed by atoms with Crippen LogP contribution in [0.5, 0.6) is 0 Å². The summed E-state index contributed by atoms with van der Waals surface area (Å²) in [5, 5.41) is 0. The second kappa shape index (κ2) is 14.2. The van der Waals surface area contributed by atoms with E-state index in [1.165, 1.54) is 32.4 Å². The Kier molecular flexibility index (Phi) is 21.8. The van der Waals surface area contributed by atoms with E-state index in [4.69, 9.17) is 0 Å². The predicted molar refractivity (Wildman–Crippen MR) is 53.4 cm³/mol. The van der Waals surface area contributed by atoms with E-state index >= 15 is 0 Å². The minimum Gasteiger partial charge on any atom is -0.358 e. The predicted octanol–water partition coefficient (Wildman–Crippen LogP) is 2.78. The molecule has 1 aliphatic heterocycles. The van der Waals surface area contributed by atoms with Crippen molar-refractivity contribution in [3.8, 4) is 0 Å². The maximum atomic E-state index is 2.39. The summed E-state index contributed by atoms with van der Waals surface area (Å²) in [6.45, 7) is 6.55. The Morgan fingerprint density at radius 3 is 2.25 bits per heavy atom. The number of rotatable bonds is 0. The van der Waals surface area contributed by atoms with Crippen molar-refractivity contribution in [2.45, 2.75) is 33.1 Å². The molecule has 0 bridgehead atoms. The first kappa shape index (κ1) is 18.4. The van der Waals surface area contributed by atoms with E-state index in [1.807, 2.05) is 13.8 Å². The van der Waals surface area contributed by atoms with E-state index in [0.717, 1.165) is 0 Å². The Labute approximate surface area is 93.2 Å². The molecule has 0 amide bonds. The third kappa shape index (κ3) is 10.6. The number of nitrogens with zero attached hydrogens (tertiary/aromatic N) is 1. The average molecular weight is 341 g/mol. The Hall–Kier alpha value is 0.648. The third-order valence-corrected chi connectivity index (χ3v) is 1.66. The van der Waals surface area contributed by atoms with Crippen LogP contribution in [0, 0.1) is 13.8 Å². The van der Waals surface area contributed by atoms with Crippen LogP contribution >= 0.6 is 0 Å². The van der Waals surface area contributed by atoms with Gasteiger partial charge in [0.1, 0.15) is 0 Å². The molecule has 1 rings (SSSR count). The molecule has 12 heavy (non-hydrogen) atoms. The second-order valence-corrected chi connectivity index (χ2v) is 2.52. The summed E-state index contributed by atoms with van der Waals surface area (Å²) >= 11 is 0. The van der Waals surface area contributed by atoms with Gasteiger partial charge in [0.25, 0.3) is 0 Å². The Morgan fingerprint density at radius 2 is 1.67 bits per heavy atom. The third-order valence-electron chi connectivity index (χ3n) is 1.66. The van der Waals surface area contributed by atoms with Gasteiger partial charge in [0.15, 0.2) is 0 Å². The molecule has 0 aromatic heterocycles. The molecule has 2 heteroatoms.